The van der Waals surface area contributed by atoms with Crippen molar-refractivity contribution in [2.45, 2.75) is 13.3 Å². The normalized spacial score (nSPS) is 16.2. The van der Waals surface area contributed by atoms with Gasteiger partial charge in [-0.3, -0.25) is 0 Å². The molecule has 0 fully saturated rings. The van der Waals surface area contributed by atoms with Crippen LogP contribution >= 0.6 is 0 Å². The number of aromatic nitrogens is 1. The zero-order valence-corrected chi connectivity index (χ0v) is 15.2. The van der Waals surface area contributed by atoms with Crippen LogP contribution in [0.2, 0.25) is 0 Å². The van der Waals surface area contributed by atoms with Gasteiger partial charge in [0.05, 0.1) is 5.56 Å². The smallest absolute Gasteiger partial charge is 0.255 e. The fraction of sp³-hybridized carbons (Fsp3) is 0.125. The molecule has 26 heavy (non-hydrogen) atoms. The molecule has 4 rings (SSSR count). The fourth-order valence-electron chi connectivity index (χ4n) is 3.54. The summed E-state index contributed by atoms with van der Waals surface area (Å²) >= 11 is 0. The van der Waals surface area contributed by atoms with Crippen molar-refractivity contribution in [1.82, 2.24) is 0 Å². The van der Waals surface area contributed by atoms with Gasteiger partial charge in [-0.1, -0.05) is 55.1 Å². The van der Waals surface area contributed by atoms with Gasteiger partial charge >= 0.3 is 0 Å². The Hall–Kier alpha value is -3.13. The lowest BCUT2D eigenvalue weighted by Crippen LogP contribution is -2.31. The Kier molecular flexibility index (Phi) is 4.18. The second-order valence-corrected chi connectivity index (χ2v) is 6.65. The molecule has 0 spiro atoms. The van der Waals surface area contributed by atoms with Gasteiger partial charge in [0.15, 0.2) is 6.20 Å². The minimum Gasteiger partial charge on any atom is -0.451 e. The Morgan fingerprint density at radius 1 is 1.04 bits per heavy atom. The monoisotopic (exact) mass is 340 g/mol. The maximum absolute atomic E-state index is 6.21. The van der Waals surface area contributed by atoms with E-state index in [1.807, 2.05) is 18.2 Å². The Morgan fingerprint density at radius 2 is 1.88 bits per heavy atom. The van der Waals surface area contributed by atoms with Crippen LogP contribution < -0.4 is 9.30 Å². The Morgan fingerprint density at radius 3 is 2.77 bits per heavy atom. The van der Waals surface area contributed by atoms with Gasteiger partial charge in [-0.15, -0.1) is 0 Å². The molecule has 1 aromatic heterocycles. The van der Waals surface area contributed by atoms with Crippen LogP contribution in [0, 0.1) is 6.92 Å². The van der Waals surface area contributed by atoms with Crippen molar-refractivity contribution in [2.24, 2.45) is 7.05 Å². The van der Waals surface area contributed by atoms with Crippen LogP contribution in [-0.4, -0.2) is 0 Å². The molecule has 2 nitrogen and oxygen atoms in total. The zero-order valence-electron chi connectivity index (χ0n) is 15.2. The SMILES string of the molecule is C=C1/C=C\C=C/Cc2cc[n+](C)c(-c3ccc4ccccc4c3C)c2O1. The van der Waals surface area contributed by atoms with Crippen molar-refractivity contribution < 1.29 is 9.30 Å². The zero-order chi connectivity index (χ0) is 18.1. The lowest BCUT2D eigenvalue weighted by atomic mass is 9.96. The highest BCUT2D eigenvalue weighted by atomic mass is 16.5. The molecule has 0 saturated heterocycles. The van der Waals surface area contributed by atoms with E-state index in [1.165, 1.54) is 21.9 Å². The number of benzene rings is 2. The Labute approximate surface area is 154 Å². The Balaban J connectivity index is 1.99. The summed E-state index contributed by atoms with van der Waals surface area (Å²) in [4.78, 5) is 0. The summed E-state index contributed by atoms with van der Waals surface area (Å²) in [6, 6.07) is 15.0. The van der Waals surface area contributed by atoms with Gasteiger partial charge in [-0.2, -0.15) is 4.57 Å². The number of ether oxygens (including phenoxy) is 1. The number of aryl methyl sites for hydroxylation is 2. The number of allylic oxidation sites excluding steroid dienone is 4. The molecule has 1 aliphatic rings. The second kappa shape index (κ2) is 6.64. The molecule has 2 heteroatoms. The van der Waals surface area contributed by atoms with Crippen molar-refractivity contribution in [1.29, 1.82) is 0 Å². The van der Waals surface area contributed by atoms with Crippen LogP contribution in [0.25, 0.3) is 22.0 Å². The molecule has 2 aromatic carbocycles. The van der Waals surface area contributed by atoms with Crippen LogP contribution in [0.5, 0.6) is 5.75 Å². The average Bonchev–Trinajstić information content (AvgIpc) is 2.73. The fourth-order valence-corrected chi connectivity index (χ4v) is 3.54. The largest absolute Gasteiger partial charge is 0.451 e. The van der Waals surface area contributed by atoms with Gasteiger partial charge in [-0.25, -0.2) is 0 Å². The van der Waals surface area contributed by atoms with Crippen molar-refractivity contribution in [2.75, 3.05) is 0 Å². The van der Waals surface area contributed by atoms with Crippen LogP contribution in [0.4, 0.5) is 0 Å². The van der Waals surface area contributed by atoms with Crippen LogP contribution in [0.1, 0.15) is 11.1 Å². The second-order valence-electron chi connectivity index (χ2n) is 6.65. The number of fused-ring (bicyclic) bond motifs is 2. The van der Waals surface area contributed by atoms with E-state index in [0.717, 1.165) is 23.4 Å². The molecule has 0 unspecified atom stereocenters. The first-order chi connectivity index (χ1) is 12.6. The lowest BCUT2D eigenvalue weighted by molar-refractivity contribution is -0.660. The molecule has 0 N–H and O–H groups in total. The first-order valence-corrected chi connectivity index (χ1v) is 8.85. The van der Waals surface area contributed by atoms with E-state index in [4.69, 9.17) is 4.74 Å². The van der Waals surface area contributed by atoms with Gasteiger partial charge < -0.3 is 4.74 Å². The van der Waals surface area contributed by atoms with Crippen molar-refractivity contribution >= 4 is 10.8 Å². The van der Waals surface area contributed by atoms with E-state index in [2.05, 4.69) is 79.9 Å². The summed E-state index contributed by atoms with van der Waals surface area (Å²) in [5, 5.41) is 2.52. The maximum Gasteiger partial charge on any atom is 0.255 e. The van der Waals surface area contributed by atoms with Gasteiger partial charge in [0.1, 0.15) is 12.8 Å². The predicted octanol–water partition coefficient (Wildman–Crippen LogP) is 5.20. The third kappa shape index (κ3) is 2.84. The third-order valence-corrected chi connectivity index (χ3v) is 4.91. The quantitative estimate of drug-likeness (QED) is 0.555. The van der Waals surface area contributed by atoms with Crippen LogP contribution in [-0.2, 0) is 13.5 Å². The van der Waals surface area contributed by atoms with Crippen molar-refractivity contribution in [3.8, 4) is 17.0 Å². The number of hydrogen-bond acceptors (Lipinski definition) is 1. The van der Waals surface area contributed by atoms with E-state index in [9.17, 15) is 0 Å². The molecule has 2 heterocycles. The highest BCUT2D eigenvalue weighted by Crippen LogP contribution is 2.36. The molecular formula is C24H22NO+. The molecule has 0 saturated carbocycles. The number of nitrogens with zero attached hydrogens (tertiary/aromatic N) is 1. The molecule has 0 aliphatic carbocycles. The molecule has 0 radical (unpaired) electrons. The topological polar surface area (TPSA) is 13.1 Å². The summed E-state index contributed by atoms with van der Waals surface area (Å²) in [5.74, 6) is 1.53. The molecular weight excluding hydrogens is 318 g/mol. The van der Waals surface area contributed by atoms with Gasteiger partial charge in [0, 0.05) is 11.6 Å². The van der Waals surface area contributed by atoms with Crippen molar-refractivity contribution in [3.05, 3.63) is 96.4 Å². The lowest BCUT2D eigenvalue weighted by Gasteiger charge is -2.15. The predicted molar refractivity (Wildman–Crippen MR) is 107 cm³/mol. The van der Waals surface area contributed by atoms with Gasteiger partial charge in [-0.05, 0) is 41.8 Å². The van der Waals surface area contributed by atoms with E-state index in [-0.39, 0.29) is 0 Å². The summed E-state index contributed by atoms with van der Waals surface area (Å²) < 4.78 is 8.34. The third-order valence-electron chi connectivity index (χ3n) is 4.91. The minimum atomic E-state index is 0.642. The average molecular weight is 340 g/mol. The standard InChI is InChI=1S/C24H22NO/c1-17-9-5-4-6-11-20-15-16-25(3)23(24(20)26-17)22-14-13-19-10-7-8-12-21(19)18(22)2/h4-10,12-16H,1,11H2,2-3H3/q+1/b6-4-,9-5-. The molecule has 0 amide bonds. The van der Waals surface area contributed by atoms with E-state index in [0.29, 0.717) is 5.76 Å². The first-order valence-electron chi connectivity index (χ1n) is 8.85. The summed E-state index contributed by atoms with van der Waals surface area (Å²) in [6.45, 7) is 6.22. The summed E-state index contributed by atoms with van der Waals surface area (Å²) in [5.41, 5.74) is 4.68. The molecule has 0 bridgehead atoms. The summed E-state index contributed by atoms with van der Waals surface area (Å²) in [7, 11) is 2.06. The molecule has 1 aliphatic heterocycles. The number of pyridine rings is 1. The number of hydrogen-bond donors (Lipinski definition) is 0. The highest BCUT2D eigenvalue weighted by molar-refractivity contribution is 5.91. The Bertz CT molecular complexity index is 1070. The van der Waals surface area contributed by atoms with Crippen LogP contribution in [0.3, 0.4) is 0 Å². The minimum absolute atomic E-state index is 0.642. The summed E-state index contributed by atoms with van der Waals surface area (Å²) in [6.07, 6.45) is 11.0. The van der Waals surface area contributed by atoms with E-state index in [1.54, 1.807) is 0 Å². The van der Waals surface area contributed by atoms with E-state index >= 15 is 0 Å². The van der Waals surface area contributed by atoms with Gasteiger partial charge in [0.25, 0.3) is 5.69 Å². The number of rotatable bonds is 1. The molecule has 0 atom stereocenters. The van der Waals surface area contributed by atoms with Crippen molar-refractivity contribution in [3.63, 3.8) is 0 Å². The highest BCUT2D eigenvalue weighted by Gasteiger charge is 2.24. The maximum atomic E-state index is 6.21. The van der Waals surface area contributed by atoms with Gasteiger partial charge in [0.2, 0.25) is 5.75 Å². The van der Waals surface area contributed by atoms with Crippen LogP contribution in [0.15, 0.2) is 85.3 Å². The molecule has 3 aromatic rings. The van der Waals surface area contributed by atoms with E-state index < -0.39 is 0 Å². The molecule has 128 valence electrons. The first kappa shape index (κ1) is 16.3.